The molecular formula is C35H54O6. The van der Waals surface area contributed by atoms with Crippen molar-refractivity contribution in [3.8, 4) is 0 Å². The molecule has 7 aliphatic rings. The van der Waals surface area contributed by atoms with E-state index in [0.717, 1.165) is 64.2 Å². The van der Waals surface area contributed by atoms with Gasteiger partial charge in [-0.05, 0) is 98.2 Å². The van der Waals surface area contributed by atoms with Crippen LogP contribution in [0.4, 0.5) is 0 Å². The van der Waals surface area contributed by atoms with Crippen LogP contribution in [-0.4, -0.2) is 41.2 Å². The van der Waals surface area contributed by atoms with Gasteiger partial charge in [0.25, 0.3) is 0 Å². The molecule has 0 radical (unpaired) electrons. The molecule has 2 bridgehead atoms. The highest BCUT2D eigenvalue weighted by atomic mass is 16.6. The van der Waals surface area contributed by atoms with Crippen LogP contribution >= 0.6 is 0 Å². The van der Waals surface area contributed by atoms with E-state index in [-0.39, 0.29) is 52.0 Å². The monoisotopic (exact) mass is 570 g/mol. The van der Waals surface area contributed by atoms with Crippen LogP contribution in [0.1, 0.15) is 119 Å². The van der Waals surface area contributed by atoms with Crippen molar-refractivity contribution in [1.82, 2.24) is 0 Å². The molecule has 7 rings (SSSR count). The topological polar surface area (TPSA) is 93.1 Å². The van der Waals surface area contributed by atoms with Gasteiger partial charge in [0, 0.05) is 11.8 Å². The maximum Gasteiger partial charge on any atom is 0.310 e. The maximum atomic E-state index is 12.9. The highest BCUT2D eigenvalue weighted by molar-refractivity contribution is 5.76. The van der Waals surface area contributed by atoms with Crippen LogP contribution in [0.25, 0.3) is 0 Å². The van der Waals surface area contributed by atoms with Crippen molar-refractivity contribution in [2.24, 2.45) is 56.2 Å². The van der Waals surface area contributed by atoms with E-state index >= 15 is 0 Å². The van der Waals surface area contributed by atoms with Gasteiger partial charge in [-0.25, -0.2) is 0 Å². The Kier molecular flexibility index (Phi) is 6.56. The van der Waals surface area contributed by atoms with Crippen LogP contribution in [0.3, 0.4) is 0 Å². The molecule has 6 heteroatoms. The second kappa shape index (κ2) is 9.06. The molecule has 5 aliphatic carbocycles. The zero-order valence-corrected chi connectivity index (χ0v) is 26.6. The SMILES string of the molecule is CCC(C)C(=O)OCC1(C)C2CC[C@]3(C)[C@H](CC=C4[C@H]5CC(C)(C)CC[C@]5(C(=O)O)CC[C@]43C)[C@@]23CC[C@]1(O)OC3. The van der Waals surface area contributed by atoms with Gasteiger partial charge in [-0.15, -0.1) is 0 Å². The predicted octanol–water partition coefficient (Wildman–Crippen LogP) is 7.14. The molecule has 6 fully saturated rings. The number of carboxylic acids is 1. The van der Waals surface area contributed by atoms with Crippen LogP contribution in [0.15, 0.2) is 11.6 Å². The van der Waals surface area contributed by atoms with E-state index < -0.39 is 22.6 Å². The molecule has 3 unspecified atom stereocenters. The van der Waals surface area contributed by atoms with E-state index in [1.54, 1.807) is 0 Å². The number of esters is 1. The lowest BCUT2D eigenvalue weighted by Gasteiger charge is -2.74. The van der Waals surface area contributed by atoms with E-state index in [9.17, 15) is 19.8 Å². The van der Waals surface area contributed by atoms with Crippen LogP contribution in [-0.2, 0) is 19.1 Å². The number of rotatable bonds is 5. The average Bonchev–Trinajstić information content (AvgIpc) is 2.92. The second-order valence-electron chi connectivity index (χ2n) is 16.8. The van der Waals surface area contributed by atoms with E-state index in [0.29, 0.717) is 18.9 Å². The highest BCUT2D eigenvalue weighted by Gasteiger charge is 2.75. The molecule has 0 aromatic carbocycles. The lowest BCUT2D eigenvalue weighted by molar-refractivity contribution is -0.404. The Balaban J connectivity index is 1.38. The molecular weight excluding hydrogens is 516 g/mol. The number of allylic oxidation sites excluding steroid dienone is 2. The minimum atomic E-state index is -1.28. The molecule has 2 aliphatic heterocycles. The summed E-state index contributed by atoms with van der Waals surface area (Å²) in [5.41, 5.74) is 0.164. The predicted molar refractivity (Wildman–Crippen MR) is 157 cm³/mol. The Morgan fingerprint density at radius 1 is 1.02 bits per heavy atom. The summed E-state index contributed by atoms with van der Waals surface area (Å²) in [6, 6.07) is 0. The maximum absolute atomic E-state index is 12.9. The first-order valence-corrected chi connectivity index (χ1v) is 16.5. The smallest absolute Gasteiger partial charge is 0.310 e. The molecule has 0 amide bonds. The van der Waals surface area contributed by atoms with Crippen molar-refractivity contribution in [2.75, 3.05) is 13.2 Å². The lowest BCUT2D eigenvalue weighted by Crippen LogP contribution is -2.74. The van der Waals surface area contributed by atoms with Crippen molar-refractivity contribution in [1.29, 1.82) is 0 Å². The molecule has 2 heterocycles. The third kappa shape index (κ3) is 3.68. The standard InChI is InChI=1S/C35H54O6/c1-8-22(2)27(36)40-20-32(7)26-11-12-31(6)25(34(26)17-18-35(32,39)41-21-34)10-9-23-24-19-29(3,4)13-15-33(24,28(37)38)16-14-30(23,31)5/h9,22,24-26,39H,8,10-21H2,1-7H3,(H,37,38)/t22?,24-,25+,26?,30-,31-,32?,33+,34+,35+/m1/s1. The number of aliphatic carboxylic acids is 1. The minimum Gasteiger partial charge on any atom is -0.481 e. The summed E-state index contributed by atoms with van der Waals surface area (Å²) < 4.78 is 12.4. The van der Waals surface area contributed by atoms with E-state index in [1.807, 2.05) is 13.8 Å². The summed E-state index contributed by atoms with van der Waals surface area (Å²) in [7, 11) is 0. The second-order valence-corrected chi connectivity index (χ2v) is 16.8. The van der Waals surface area contributed by atoms with Gasteiger partial charge in [-0.2, -0.15) is 0 Å². The molecule has 10 atom stereocenters. The first-order valence-electron chi connectivity index (χ1n) is 16.5. The fourth-order valence-electron chi connectivity index (χ4n) is 11.6. The number of hydrogen-bond donors (Lipinski definition) is 2. The van der Waals surface area contributed by atoms with Gasteiger partial charge in [0.1, 0.15) is 6.61 Å². The van der Waals surface area contributed by atoms with E-state index in [2.05, 4.69) is 40.7 Å². The largest absolute Gasteiger partial charge is 0.481 e. The highest BCUT2D eigenvalue weighted by Crippen LogP contribution is 2.78. The van der Waals surface area contributed by atoms with Crippen molar-refractivity contribution in [3.05, 3.63) is 11.6 Å². The number of carbonyl (C=O) groups is 2. The van der Waals surface area contributed by atoms with Crippen molar-refractivity contribution in [2.45, 2.75) is 125 Å². The molecule has 0 aromatic rings. The lowest BCUT2D eigenvalue weighted by atomic mass is 9.32. The Labute approximate surface area is 247 Å². The van der Waals surface area contributed by atoms with Crippen LogP contribution in [0, 0.1) is 56.2 Å². The number of hydrogen-bond acceptors (Lipinski definition) is 5. The van der Waals surface area contributed by atoms with Gasteiger partial charge in [-0.1, -0.05) is 60.1 Å². The first kappa shape index (κ1) is 29.7. The van der Waals surface area contributed by atoms with Crippen LogP contribution in [0.2, 0.25) is 0 Å². The summed E-state index contributed by atoms with van der Waals surface area (Å²) in [6.07, 6.45) is 12.1. The van der Waals surface area contributed by atoms with Crippen molar-refractivity contribution >= 4 is 11.9 Å². The molecule has 4 saturated carbocycles. The molecule has 2 saturated heterocycles. The van der Waals surface area contributed by atoms with Crippen LogP contribution in [0.5, 0.6) is 0 Å². The third-order valence-electron chi connectivity index (χ3n) is 14.8. The Bertz CT molecular complexity index is 1150. The van der Waals surface area contributed by atoms with Crippen molar-refractivity contribution < 1.29 is 29.3 Å². The van der Waals surface area contributed by atoms with Crippen LogP contribution < -0.4 is 0 Å². The van der Waals surface area contributed by atoms with Gasteiger partial charge in [0.05, 0.1) is 23.4 Å². The van der Waals surface area contributed by atoms with E-state index in [1.165, 1.54) is 5.57 Å². The average molecular weight is 571 g/mol. The summed E-state index contributed by atoms with van der Waals surface area (Å²) in [5, 5.41) is 22.5. The molecule has 6 nitrogen and oxygen atoms in total. The fraction of sp³-hybridized carbons (Fsp3) is 0.886. The molecule has 2 N–H and O–H groups in total. The minimum absolute atomic E-state index is 0.0182. The zero-order chi connectivity index (χ0) is 29.9. The molecule has 1 spiro atoms. The number of carbonyl (C=O) groups excluding carboxylic acids is 1. The van der Waals surface area contributed by atoms with E-state index in [4.69, 9.17) is 9.47 Å². The third-order valence-corrected chi connectivity index (χ3v) is 14.8. The number of aliphatic hydroxyl groups is 1. The van der Waals surface area contributed by atoms with Gasteiger partial charge < -0.3 is 19.7 Å². The van der Waals surface area contributed by atoms with Gasteiger partial charge in [0.15, 0.2) is 5.79 Å². The zero-order valence-electron chi connectivity index (χ0n) is 26.6. The summed E-state index contributed by atoms with van der Waals surface area (Å²) in [6.45, 7) is 16.4. The molecule has 0 aromatic heterocycles. The number of carboxylic acid groups (broad SMARTS) is 1. The Hall–Kier alpha value is -1.40. The molecule has 41 heavy (non-hydrogen) atoms. The fourth-order valence-corrected chi connectivity index (χ4v) is 11.6. The number of ether oxygens (including phenoxy) is 2. The normalized spacial score (nSPS) is 50.3. The summed E-state index contributed by atoms with van der Waals surface area (Å²) >= 11 is 0. The van der Waals surface area contributed by atoms with Gasteiger partial charge in [-0.3, -0.25) is 9.59 Å². The quantitative estimate of drug-likeness (QED) is 0.270. The summed E-state index contributed by atoms with van der Waals surface area (Å²) in [5.74, 6) is -1.53. The number of fused-ring (bicyclic) bond motifs is 7. The first-order chi connectivity index (χ1) is 19.0. The Morgan fingerprint density at radius 3 is 2.37 bits per heavy atom. The van der Waals surface area contributed by atoms with Gasteiger partial charge >= 0.3 is 11.9 Å². The van der Waals surface area contributed by atoms with Crippen molar-refractivity contribution in [3.63, 3.8) is 0 Å². The summed E-state index contributed by atoms with van der Waals surface area (Å²) in [4.78, 5) is 25.7. The van der Waals surface area contributed by atoms with Gasteiger partial charge in [0.2, 0.25) is 0 Å². The molecule has 230 valence electrons. The Morgan fingerprint density at radius 2 is 1.73 bits per heavy atom.